The van der Waals surface area contributed by atoms with Crippen molar-refractivity contribution in [3.63, 3.8) is 0 Å². The van der Waals surface area contributed by atoms with Gasteiger partial charge in [0.1, 0.15) is 11.2 Å². The third kappa shape index (κ3) is 1.71. The molecule has 0 fully saturated rings. The van der Waals surface area contributed by atoms with Crippen LogP contribution in [0.5, 0.6) is 0 Å². The van der Waals surface area contributed by atoms with Crippen LogP contribution in [0.15, 0.2) is 0 Å². The highest BCUT2D eigenvalue weighted by Gasteiger charge is 2.21. The standard InChI is InChI=1S/C11H12ClN3/c1-7-10-6-15(2)4-3-8(10)9(5-13)11(12)14-7/h3-4,6H2,1-2H3. The van der Waals surface area contributed by atoms with Gasteiger partial charge in [0.2, 0.25) is 0 Å². The fourth-order valence-electron chi connectivity index (χ4n) is 2.02. The number of hydrogen-bond acceptors (Lipinski definition) is 3. The average molecular weight is 222 g/mol. The number of halogens is 1. The maximum atomic E-state index is 9.04. The van der Waals surface area contributed by atoms with Crippen LogP contribution in [0, 0.1) is 18.3 Å². The van der Waals surface area contributed by atoms with Gasteiger partial charge in [0.15, 0.2) is 0 Å². The Morgan fingerprint density at radius 2 is 2.20 bits per heavy atom. The summed E-state index contributed by atoms with van der Waals surface area (Å²) in [4.78, 5) is 6.44. The lowest BCUT2D eigenvalue weighted by molar-refractivity contribution is 0.311. The zero-order valence-corrected chi connectivity index (χ0v) is 9.60. The van der Waals surface area contributed by atoms with Crippen molar-refractivity contribution in [3.8, 4) is 6.07 Å². The molecule has 0 amide bonds. The van der Waals surface area contributed by atoms with Crippen LogP contribution in [0.1, 0.15) is 22.4 Å². The highest BCUT2D eigenvalue weighted by molar-refractivity contribution is 6.30. The largest absolute Gasteiger partial charge is 0.302 e. The van der Waals surface area contributed by atoms with Crippen LogP contribution in [0.25, 0.3) is 0 Å². The number of aromatic nitrogens is 1. The van der Waals surface area contributed by atoms with Gasteiger partial charge < -0.3 is 4.90 Å². The molecule has 3 nitrogen and oxygen atoms in total. The normalized spacial score (nSPS) is 15.9. The van der Waals surface area contributed by atoms with E-state index in [9.17, 15) is 0 Å². The molecule has 0 saturated carbocycles. The van der Waals surface area contributed by atoms with Crippen molar-refractivity contribution in [2.45, 2.75) is 19.9 Å². The van der Waals surface area contributed by atoms with Gasteiger partial charge in [-0.25, -0.2) is 4.98 Å². The van der Waals surface area contributed by atoms with Crippen molar-refractivity contribution in [2.75, 3.05) is 13.6 Å². The van der Waals surface area contributed by atoms with Gasteiger partial charge in [0, 0.05) is 18.8 Å². The van der Waals surface area contributed by atoms with E-state index in [0.29, 0.717) is 10.7 Å². The molecule has 0 bridgehead atoms. The van der Waals surface area contributed by atoms with Gasteiger partial charge in [-0.15, -0.1) is 0 Å². The Kier molecular flexibility index (Phi) is 2.64. The van der Waals surface area contributed by atoms with E-state index < -0.39 is 0 Å². The molecule has 1 aromatic rings. The number of nitriles is 1. The van der Waals surface area contributed by atoms with Gasteiger partial charge in [-0.2, -0.15) is 5.26 Å². The minimum absolute atomic E-state index is 0.346. The van der Waals surface area contributed by atoms with Crippen LogP contribution in [0.2, 0.25) is 5.15 Å². The highest BCUT2D eigenvalue weighted by atomic mass is 35.5. The molecule has 0 saturated heterocycles. The Morgan fingerprint density at radius 3 is 2.87 bits per heavy atom. The van der Waals surface area contributed by atoms with Crippen LogP contribution in [-0.2, 0) is 13.0 Å². The van der Waals surface area contributed by atoms with E-state index in [1.54, 1.807) is 0 Å². The van der Waals surface area contributed by atoms with Gasteiger partial charge in [-0.3, -0.25) is 0 Å². The first-order valence-electron chi connectivity index (χ1n) is 4.90. The lowest BCUT2D eigenvalue weighted by atomic mass is 9.95. The Labute approximate surface area is 94.3 Å². The van der Waals surface area contributed by atoms with Crippen molar-refractivity contribution in [1.29, 1.82) is 5.26 Å². The molecule has 1 aromatic heterocycles. The maximum Gasteiger partial charge on any atom is 0.147 e. The molecule has 0 aromatic carbocycles. The van der Waals surface area contributed by atoms with Gasteiger partial charge in [0.05, 0.1) is 5.56 Å². The van der Waals surface area contributed by atoms with Crippen LogP contribution in [0.3, 0.4) is 0 Å². The summed E-state index contributed by atoms with van der Waals surface area (Å²) in [6.45, 7) is 3.78. The molecule has 0 unspecified atom stereocenters. The van der Waals surface area contributed by atoms with E-state index >= 15 is 0 Å². The summed E-state index contributed by atoms with van der Waals surface area (Å²) in [5.41, 5.74) is 3.77. The van der Waals surface area contributed by atoms with E-state index in [4.69, 9.17) is 16.9 Å². The molecule has 78 valence electrons. The van der Waals surface area contributed by atoms with E-state index in [1.165, 1.54) is 5.56 Å². The molecule has 2 heterocycles. The Balaban J connectivity index is 2.63. The minimum atomic E-state index is 0.346. The number of pyridine rings is 1. The van der Waals surface area contributed by atoms with Gasteiger partial charge >= 0.3 is 0 Å². The fraction of sp³-hybridized carbons (Fsp3) is 0.455. The number of rotatable bonds is 0. The second-order valence-corrected chi connectivity index (χ2v) is 4.28. The zero-order chi connectivity index (χ0) is 11.0. The number of hydrogen-bond donors (Lipinski definition) is 0. The van der Waals surface area contributed by atoms with E-state index in [1.807, 2.05) is 6.92 Å². The first-order valence-corrected chi connectivity index (χ1v) is 5.27. The Bertz CT molecular complexity index is 448. The SMILES string of the molecule is Cc1nc(Cl)c(C#N)c2c1CN(C)CC2. The third-order valence-corrected chi connectivity index (χ3v) is 3.13. The molecule has 2 rings (SSSR count). The van der Waals surface area contributed by atoms with E-state index in [2.05, 4.69) is 23.0 Å². The minimum Gasteiger partial charge on any atom is -0.302 e. The van der Waals surface area contributed by atoms with Crippen molar-refractivity contribution in [3.05, 3.63) is 27.5 Å². The number of likely N-dealkylation sites (N-methyl/N-ethyl adjacent to an activating group) is 1. The monoisotopic (exact) mass is 221 g/mol. The lowest BCUT2D eigenvalue weighted by Crippen LogP contribution is -2.28. The molecule has 1 aliphatic rings. The van der Waals surface area contributed by atoms with Crippen molar-refractivity contribution >= 4 is 11.6 Å². The zero-order valence-electron chi connectivity index (χ0n) is 8.84. The summed E-state index contributed by atoms with van der Waals surface area (Å²) in [5.74, 6) is 0. The summed E-state index contributed by atoms with van der Waals surface area (Å²) < 4.78 is 0. The Hall–Kier alpha value is -1.11. The van der Waals surface area contributed by atoms with Gasteiger partial charge in [0.25, 0.3) is 0 Å². The second kappa shape index (κ2) is 3.80. The first kappa shape index (κ1) is 10.4. The molecule has 0 radical (unpaired) electrons. The lowest BCUT2D eigenvalue weighted by Gasteiger charge is -2.26. The summed E-state index contributed by atoms with van der Waals surface area (Å²) in [6, 6.07) is 2.15. The van der Waals surface area contributed by atoms with Gasteiger partial charge in [-0.1, -0.05) is 11.6 Å². The topological polar surface area (TPSA) is 39.9 Å². The number of fused-ring (bicyclic) bond motifs is 1. The quantitative estimate of drug-likeness (QED) is 0.629. The van der Waals surface area contributed by atoms with Crippen LogP contribution < -0.4 is 0 Å². The summed E-state index contributed by atoms with van der Waals surface area (Å²) in [6.07, 6.45) is 0.887. The van der Waals surface area contributed by atoms with Crippen molar-refractivity contribution in [1.82, 2.24) is 9.88 Å². The molecule has 15 heavy (non-hydrogen) atoms. The van der Waals surface area contributed by atoms with Gasteiger partial charge in [-0.05, 0) is 31.5 Å². The van der Waals surface area contributed by atoms with E-state index in [0.717, 1.165) is 30.8 Å². The number of aryl methyl sites for hydroxylation is 1. The fourth-order valence-corrected chi connectivity index (χ4v) is 2.30. The second-order valence-electron chi connectivity index (χ2n) is 3.92. The molecule has 0 aliphatic carbocycles. The van der Waals surface area contributed by atoms with Crippen molar-refractivity contribution in [2.24, 2.45) is 0 Å². The summed E-state index contributed by atoms with van der Waals surface area (Å²) in [5, 5.41) is 9.39. The third-order valence-electron chi connectivity index (χ3n) is 2.86. The molecular weight excluding hydrogens is 210 g/mol. The predicted molar refractivity (Wildman–Crippen MR) is 58.7 cm³/mol. The molecule has 0 N–H and O–H groups in total. The highest BCUT2D eigenvalue weighted by Crippen LogP contribution is 2.27. The first-order chi connectivity index (χ1) is 7.13. The molecule has 0 atom stereocenters. The molecule has 0 spiro atoms. The van der Waals surface area contributed by atoms with Crippen molar-refractivity contribution < 1.29 is 0 Å². The molecule has 4 heteroatoms. The van der Waals surface area contributed by atoms with Crippen LogP contribution >= 0.6 is 11.6 Å². The summed E-state index contributed by atoms with van der Waals surface area (Å²) in [7, 11) is 2.07. The van der Waals surface area contributed by atoms with Crippen LogP contribution in [-0.4, -0.2) is 23.5 Å². The Morgan fingerprint density at radius 1 is 1.47 bits per heavy atom. The molecule has 1 aliphatic heterocycles. The summed E-state index contributed by atoms with van der Waals surface area (Å²) >= 11 is 5.96. The predicted octanol–water partition coefficient (Wildman–Crippen LogP) is 1.90. The molecular formula is C11H12ClN3. The maximum absolute atomic E-state index is 9.04. The van der Waals surface area contributed by atoms with Crippen LogP contribution in [0.4, 0.5) is 0 Å². The van der Waals surface area contributed by atoms with E-state index in [-0.39, 0.29) is 0 Å². The average Bonchev–Trinajstić information content (AvgIpc) is 2.19. The number of nitrogens with zero attached hydrogens (tertiary/aromatic N) is 3. The smallest absolute Gasteiger partial charge is 0.147 e.